The molecule has 12 heteroatoms. The second-order valence-electron chi connectivity index (χ2n) is 7.95. The van der Waals surface area contributed by atoms with E-state index in [1.807, 2.05) is 16.7 Å². The van der Waals surface area contributed by atoms with Gasteiger partial charge in [0.2, 0.25) is 6.79 Å². The van der Waals surface area contributed by atoms with Gasteiger partial charge in [0.1, 0.15) is 18.5 Å². The summed E-state index contributed by atoms with van der Waals surface area (Å²) in [5.41, 5.74) is 13.3. The average molecular weight is 582 g/mol. The Morgan fingerprint density at radius 3 is 2.82 bits per heavy atom. The Morgan fingerprint density at radius 2 is 2.03 bits per heavy atom. The fraction of sp³-hybridized carbons (Fsp3) is 0.429. The van der Waals surface area contributed by atoms with Crippen LogP contribution < -0.4 is 20.9 Å². The van der Waals surface area contributed by atoms with Gasteiger partial charge in [0, 0.05) is 15.0 Å². The molecule has 5 rings (SSSR count). The molecule has 1 aliphatic heterocycles. The lowest BCUT2D eigenvalue weighted by molar-refractivity contribution is -0.150. The van der Waals surface area contributed by atoms with Crippen LogP contribution in [0.1, 0.15) is 32.1 Å². The Balaban J connectivity index is 1.39. The maximum atomic E-state index is 12.5. The number of halogens is 1. The Hall–Kier alpha value is -2.32. The van der Waals surface area contributed by atoms with Crippen LogP contribution in [0, 0.1) is 3.57 Å². The van der Waals surface area contributed by atoms with Crippen molar-refractivity contribution in [1.82, 2.24) is 19.5 Å². The molecule has 2 aromatic heterocycles. The predicted molar refractivity (Wildman–Crippen MR) is 130 cm³/mol. The van der Waals surface area contributed by atoms with E-state index in [9.17, 15) is 4.79 Å². The molecule has 0 unspecified atom stereocenters. The van der Waals surface area contributed by atoms with Gasteiger partial charge in [0.15, 0.2) is 33.6 Å². The number of aryl methyl sites for hydroxylation is 1. The number of benzene rings is 1. The maximum absolute atomic E-state index is 12.5. The van der Waals surface area contributed by atoms with Crippen molar-refractivity contribution in [2.45, 2.75) is 60.8 Å². The first kappa shape index (κ1) is 22.5. The molecule has 1 atom stereocenters. The molecule has 0 radical (unpaired) electrons. The number of nitrogens with two attached hydrogens (primary N) is 2. The molecule has 0 spiro atoms. The molecule has 0 saturated heterocycles. The SMILES string of the molecule is Nc1ncnc2c1nc(Sc1cc3c(cc1I)OCO3)n2CC[C@@H](N)C(=O)OC1CCCC1. The minimum atomic E-state index is -0.731. The number of aromatic nitrogens is 4. The maximum Gasteiger partial charge on any atom is 0.323 e. The zero-order valence-corrected chi connectivity index (χ0v) is 20.7. The monoisotopic (exact) mass is 582 g/mol. The van der Waals surface area contributed by atoms with E-state index in [2.05, 4.69) is 32.6 Å². The van der Waals surface area contributed by atoms with E-state index in [0.717, 1.165) is 39.9 Å². The zero-order chi connectivity index (χ0) is 22.9. The summed E-state index contributed by atoms with van der Waals surface area (Å²) in [6, 6.07) is 3.13. The second-order valence-corrected chi connectivity index (χ2v) is 10.1. The number of anilines is 1. The Morgan fingerprint density at radius 1 is 1.27 bits per heavy atom. The van der Waals surface area contributed by atoms with E-state index in [1.165, 1.54) is 18.1 Å². The summed E-state index contributed by atoms with van der Waals surface area (Å²) in [5.74, 6) is 1.35. The van der Waals surface area contributed by atoms with Crippen LogP contribution >= 0.6 is 34.4 Å². The highest BCUT2D eigenvalue weighted by atomic mass is 127. The second kappa shape index (κ2) is 9.50. The van der Waals surface area contributed by atoms with Gasteiger partial charge in [-0.3, -0.25) is 4.79 Å². The van der Waals surface area contributed by atoms with Gasteiger partial charge in [-0.1, -0.05) is 11.8 Å². The number of rotatable bonds is 7. The molecule has 10 nitrogen and oxygen atoms in total. The summed E-state index contributed by atoms with van der Waals surface area (Å²) in [4.78, 5) is 26.5. The standard InChI is InChI=1S/C21H23IN6O4S/c22-12-7-14-15(31-10-30-14)8-16(12)33-21-27-17-18(24)25-9-26-19(17)28(21)6-5-13(23)20(29)32-11-3-1-2-4-11/h7-9,11,13H,1-6,10,23H2,(H2,24,25,26)/t13-/m1/s1. The molecular weight excluding hydrogens is 559 g/mol. The normalized spacial score (nSPS) is 16.4. The van der Waals surface area contributed by atoms with Crippen molar-refractivity contribution in [3.05, 3.63) is 22.0 Å². The van der Waals surface area contributed by atoms with Crippen LogP contribution in [0.3, 0.4) is 0 Å². The number of imidazole rings is 1. The fourth-order valence-corrected chi connectivity index (χ4v) is 5.65. The number of nitrogens with zero attached hydrogens (tertiary/aromatic N) is 4. The third kappa shape index (κ3) is 4.68. The number of nitrogen functional groups attached to an aromatic ring is 1. The van der Waals surface area contributed by atoms with Gasteiger partial charge < -0.3 is 30.2 Å². The summed E-state index contributed by atoms with van der Waals surface area (Å²) in [7, 11) is 0. The number of carbonyl (C=O) groups is 1. The number of esters is 1. The fourth-order valence-electron chi connectivity index (χ4n) is 3.93. The largest absolute Gasteiger partial charge is 0.461 e. The number of hydrogen-bond acceptors (Lipinski definition) is 10. The van der Waals surface area contributed by atoms with Gasteiger partial charge in [0.05, 0.1) is 0 Å². The molecule has 3 aromatic rings. The van der Waals surface area contributed by atoms with E-state index in [-0.39, 0.29) is 18.9 Å². The van der Waals surface area contributed by atoms with Gasteiger partial charge in [0.25, 0.3) is 0 Å². The molecule has 0 amide bonds. The van der Waals surface area contributed by atoms with E-state index < -0.39 is 6.04 Å². The van der Waals surface area contributed by atoms with Gasteiger partial charge in [-0.2, -0.15) is 0 Å². The first-order valence-corrected chi connectivity index (χ1v) is 12.6. The molecule has 1 fully saturated rings. The first-order chi connectivity index (χ1) is 16.0. The van der Waals surface area contributed by atoms with Gasteiger partial charge in [-0.15, -0.1) is 0 Å². The molecule has 1 aliphatic carbocycles. The van der Waals surface area contributed by atoms with Crippen molar-refractivity contribution in [3.63, 3.8) is 0 Å². The number of ether oxygens (including phenoxy) is 3. The van der Waals surface area contributed by atoms with Crippen LogP contribution in [0.2, 0.25) is 0 Å². The lowest BCUT2D eigenvalue weighted by Crippen LogP contribution is -2.35. The Kier molecular flexibility index (Phi) is 6.47. The molecule has 3 heterocycles. The minimum absolute atomic E-state index is 0.00985. The van der Waals surface area contributed by atoms with Crippen LogP contribution in [-0.2, 0) is 16.1 Å². The minimum Gasteiger partial charge on any atom is -0.461 e. The van der Waals surface area contributed by atoms with Crippen molar-refractivity contribution < 1.29 is 19.0 Å². The van der Waals surface area contributed by atoms with Crippen LogP contribution in [0.15, 0.2) is 28.5 Å². The highest BCUT2D eigenvalue weighted by Gasteiger charge is 2.25. The molecular formula is C21H23IN6O4S. The third-order valence-corrected chi connectivity index (χ3v) is 8.02. The number of carbonyl (C=O) groups excluding carboxylic acids is 1. The Labute approximate surface area is 207 Å². The average Bonchev–Trinajstić information content (AvgIpc) is 3.53. The van der Waals surface area contributed by atoms with E-state index in [0.29, 0.717) is 40.9 Å². The summed E-state index contributed by atoms with van der Waals surface area (Å²) >= 11 is 3.71. The quantitative estimate of drug-likeness (QED) is 0.316. The lowest BCUT2D eigenvalue weighted by atomic mass is 10.2. The van der Waals surface area contributed by atoms with Crippen molar-refractivity contribution in [2.75, 3.05) is 12.5 Å². The lowest BCUT2D eigenvalue weighted by Gasteiger charge is -2.16. The summed E-state index contributed by atoms with van der Waals surface area (Å²) in [5, 5.41) is 0.672. The highest BCUT2D eigenvalue weighted by Crippen LogP contribution is 2.41. The van der Waals surface area contributed by atoms with E-state index in [1.54, 1.807) is 0 Å². The van der Waals surface area contributed by atoms with Crippen molar-refractivity contribution in [1.29, 1.82) is 0 Å². The van der Waals surface area contributed by atoms with Crippen LogP contribution in [0.5, 0.6) is 11.5 Å². The van der Waals surface area contributed by atoms with Crippen LogP contribution in [0.25, 0.3) is 11.2 Å². The summed E-state index contributed by atoms with van der Waals surface area (Å²) in [6.07, 6.45) is 5.79. The third-order valence-electron chi connectivity index (χ3n) is 5.71. The smallest absolute Gasteiger partial charge is 0.323 e. The van der Waals surface area contributed by atoms with E-state index in [4.69, 9.17) is 30.7 Å². The molecule has 174 valence electrons. The van der Waals surface area contributed by atoms with Gasteiger partial charge in [-0.05, 0) is 66.8 Å². The van der Waals surface area contributed by atoms with Crippen LogP contribution in [0.4, 0.5) is 5.82 Å². The molecule has 1 aromatic carbocycles. The molecule has 0 bridgehead atoms. The molecule has 1 saturated carbocycles. The van der Waals surface area contributed by atoms with Crippen molar-refractivity contribution >= 4 is 57.3 Å². The predicted octanol–water partition coefficient (Wildman–Crippen LogP) is 3.10. The van der Waals surface area contributed by atoms with Crippen molar-refractivity contribution in [3.8, 4) is 11.5 Å². The van der Waals surface area contributed by atoms with Crippen LogP contribution in [-0.4, -0.2) is 44.4 Å². The van der Waals surface area contributed by atoms with Crippen molar-refractivity contribution in [2.24, 2.45) is 5.73 Å². The Bertz CT molecular complexity index is 1200. The molecule has 33 heavy (non-hydrogen) atoms. The first-order valence-electron chi connectivity index (χ1n) is 10.7. The topological polar surface area (TPSA) is 140 Å². The summed E-state index contributed by atoms with van der Waals surface area (Å²) < 4.78 is 19.5. The number of hydrogen-bond donors (Lipinski definition) is 2. The molecule has 4 N–H and O–H groups in total. The molecule has 2 aliphatic rings. The number of fused-ring (bicyclic) bond motifs is 2. The summed E-state index contributed by atoms with van der Waals surface area (Å²) in [6.45, 7) is 0.635. The highest BCUT2D eigenvalue weighted by molar-refractivity contribution is 14.1. The van der Waals surface area contributed by atoms with Gasteiger partial charge in [-0.25, -0.2) is 15.0 Å². The van der Waals surface area contributed by atoms with E-state index >= 15 is 0 Å². The zero-order valence-electron chi connectivity index (χ0n) is 17.7. The van der Waals surface area contributed by atoms with Gasteiger partial charge >= 0.3 is 5.97 Å².